The number of benzene rings is 1. The Labute approximate surface area is 161 Å². The van der Waals surface area contributed by atoms with Gasteiger partial charge in [0.25, 0.3) is 0 Å². The Kier molecular flexibility index (Phi) is 6.00. The van der Waals surface area contributed by atoms with Crippen molar-refractivity contribution in [3.05, 3.63) is 58.2 Å². The van der Waals surface area contributed by atoms with Gasteiger partial charge in [-0.3, -0.25) is 14.5 Å². The normalized spacial score (nSPS) is 13.4. The number of pyridine rings is 1. The van der Waals surface area contributed by atoms with E-state index in [2.05, 4.69) is 38.4 Å². The van der Waals surface area contributed by atoms with Gasteiger partial charge >= 0.3 is 0 Å². The highest BCUT2D eigenvalue weighted by Gasteiger charge is 2.21. The van der Waals surface area contributed by atoms with Gasteiger partial charge in [-0.25, -0.2) is 4.98 Å². The van der Waals surface area contributed by atoms with Gasteiger partial charge < -0.3 is 10.2 Å². The first-order chi connectivity index (χ1) is 12.5. The largest absolute Gasteiger partial charge is 0.337 e. The predicted octanol–water partition coefficient (Wildman–Crippen LogP) is 2.30. The molecule has 0 atom stereocenters. The van der Waals surface area contributed by atoms with Crippen molar-refractivity contribution in [2.45, 2.75) is 13.0 Å². The Morgan fingerprint density at radius 1 is 1.19 bits per heavy atom. The summed E-state index contributed by atoms with van der Waals surface area (Å²) in [5.74, 6) is 0.334. The molecule has 0 saturated heterocycles. The molecule has 2 amide bonds. The van der Waals surface area contributed by atoms with E-state index in [4.69, 9.17) is 0 Å². The molecule has 136 valence electrons. The summed E-state index contributed by atoms with van der Waals surface area (Å²) in [5, 5.41) is 2.73. The number of amides is 2. The Morgan fingerprint density at radius 2 is 1.96 bits per heavy atom. The predicted molar refractivity (Wildman–Crippen MR) is 104 cm³/mol. The number of carbonyl (C=O) groups excluding carboxylic acids is 2. The summed E-state index contributed by atoms with van der Waals surface area (Å²) in [7, 11) is 1.77. The van der Waals surface area contributed by atoms with Crippen LogP contribution in [0.3, 0.4) is 0 Å². The molecule has 6 nitrogen and oxygen atoms in total. The number of nitrogens with zero attached hydrogens (tertiary/aromatic N) is 3. The van der Waals surface area contributed by atoms with Crippen LogP contribution < -0.4 is 5.32 Å². The van der Waals surface area contributed by atoms with Crippen LogP contribution in [0.4, 0.5) is 5.82 Å². The molecule has 1 N–H and O–H groups in total. The van der Waals surface area contributed by atoms with Crippen LogP contribution in [0.2, 0.25) is 0 Å². The first kappa shape index (κ1) is 18.5. The molecule has 0 aliphatic carbocycles. The lowest BCUT2D eigenvalue weighted by Crippen LogP contribution is -2.43. The van der Waals surface area contributed by atoms with Crippen molar-refractivity contribution < 1.29 is 9.59 Å². The number of nitrogens with one attached hydrogen (secondary N) is 1. The van der Waals surface area contributed by atoms with Crippen molar-refractivity contribution in [1.82, 2.24) is 14.8 Å². The Hall–Kier alpha value is -2.25. The number of anilines is 1. The second-order valence-corrected chi connectivity index (χ2v) is 7.33. The minimum atomic E-state index is -0.195. The van der Waals surface area contributed by atoms with Crippen LogP contribution in [0.25, 0.3) is 0 Å². The van der Waals surface area contributed by atoms with E-state index in [-0.39, 0.29) is 24.9 Å². The lowest BCUT2D eigenvalue weighted by Gasteiger charge is -2.30. The average Bonchev–Trinajstić information content (AvgIpc) is 2.63. The lowest BCUT2D eigenvalue weighted by molar-refractivity contribution is -0.133. The third kappa shape index (κ3) is 4.89. The fourth-order valence-electron chi connectivity index (χ4n) is 2.97. The molecule has 1 aliphatic heterocycles. The van der Waals surface area contributed by atoms with E-state index >= 15 is 0 Å². The van der Waals surface area contributed by atoms with Crippen LogP contribution in [0.5, 0.6) is 0 Å². The zero-order valence-corrected chi connectivity index (χ0v) is 16.2. The second-order valence-electron chi connectivity index (χ2n) is 6.42. The molecule has 2 heterocycles. The van der Waals surface area contributed by atoms with E-state index < -0.39 is 0 Å². The summed E-state index contributed by atoms with van der Waals surface area (Å²) >= 11 is 3.30. The van der Waals surface area contributed by atoms with Gasteiger partial charge in [-0.2, -0.15) is 0 Å². The average molecular weight is 417 g/mol. The van der Waals surface area contributed by atoms with Gasteiger partial charge in [0.05, 0.1) is 13.1 Å². The van der Waals surface area contributed by atoms with Gasteiger partial charge in [-0.15, -0.1) is 0 Å². The molecule has 2 aromatic rings. The van der Waals surface area contributed by atoms with Gasteiger partial charge in [0.1, 0.15) is 5.82 Å². The van der Waals surface area contributed by atoms with Gasteiger partial charge in [0.15, 0.2) is 0 Å². The van der Waals surface area contributed by atoms with E-state index in [1.807, 2.05) is 23.1 Å². The fraction of sp³-hybridized carbons (Fsp3) is 0.316. The summed E-state index contributed by atoms with van der Waals surface area (Å²) in [6.07, 6.45) is 2.50. The van der Waals surface area contributed by atoms with Gasteiger partial charge in [0.2, 0.25) is 11.8 Å². The topological polar surface area (TPSA) is 65.5 Å². The number of halogens is 1. The highest BCUT2D eigenvalue weighted by Crippen LogP contribution is 2.18. The minimum Gasteiger partial charge on any atom is -0.337 e. The molecule has 1 aromatic heterocycles. The van der Waals surface area contributed by atoms with Crippen molar-refractivity contribution in [3.8, 4) is 0 Å². The summed E-state index contributed by atoms with van der Waals surface area (Å²) in [4.78, 5) is 32.3. The smallest absolute Gasteiger partial charge is 0.239 e. The standard InChI is InChI=1S/C19H21BrN4O2/c1-23(12-18(25)22-17-7-6-16(20)10-21-17)13-19(26)24-9-8-14-4-2-3-5-15(14)11-24/h2-7,10H,8-9,11-13H2,1H3,(H,21,22,25). The first-order valence-electron chi connectivity index (χ1n) is 8.46. The SMILES string of the molecule is CN(CC(=O)Nc1ccc(Br)cn1)CC(=O)N1CCc2ccccc2C1. The summed E-state index contributed by atoms with van der Waals surface area (Å²) < 4.78 is 0.848. The molecule has 3 rings (SSSR count). The molecule has 0 fully saturated rings. The van der Waals surface area contributed by atoms with Crippen molar-refractivity contribution in [2.24, 2.45) is 0 Å². The molecule has 0 saturated carbocycles. The zero-order chi connectivity index (χ0) is 18.5. The Morgan fingerprint density at radius 3 is 2.69 bits per heavy atom. The molecule has 0 bridgehead atoms. The van der Waals surface area contributed by atoms with Crippen LogP contribution in [0.1, 0.15) is 11.1 Å². The first-order valence-corrected chi connectivity index (χ1v) is 9.25. The van der Waals surface area contributed by atoms with Gasteiger partial charge in [-0.1, -0.05) is 24.3 Å². The quantitative estimate of drug-likeness (QED) is 0.811. The highest BCUT2D eigenvalue weighted by atomic mass is 79.9. The lowest BCUT2D eigenvalue weighted by atomic mass is 10.00. The molecule has 7 heteroatoms. The maximum atomic E-state index is 12.5. The number of hydrogen-bond donors (Lipinski definition) is 1. The third-order valence-corrected chi connectivity index (χ3v) is 4.77. The van der Waals surface area contributed by atoms with Gasteiger partial charge in [0, 0.05) is 23.8 Å². The number of rotatable bonds is 5. The molecule has 0 spiro atoms. The van der Waals surface area contributed by atoms with Crippen molar-refractivity contribution in [2.75, 3.05) is 32.0 Å². The maximum Gasteiger partial charge on any atom is 0.239 e. The summed E-state index contributed by atoms with van der Waals surface area (Å²) in [6, 6.07) is 11.7. The molecule has 0 radical (unpaired) electrons. The van der Waals surface area contributed by atoms with Crippen molar-refractivity contribution in [1.29, 1.82) is 0 Å². The zero-order valence-electron chi connectivity index (χ0n) is 14.6. The van der Waals surface area contributed by atoms with Crippen LogP contribution >= 0.6 is 15.9 Å². The maximum absolute atomic E-state index is 12.5. The van der Waals surface area contributed by atoms with E-state index in [1.165, 1.54) is 11.1 Å². The van der Waals surface area contributed by atoms with Crippen molar-refractivity contribution >= 4 is 33.6 Å². The Bertz CT molecular complexity index is 794. The molecule has 26 heavy (non-hydrogen) atoms. The molecule has 0 unspecified atom stereocenters. The van der Waals surface area contributed by atoms with Crippen LogP contribution in [-0.2, 0) is 22.6 Å². The third-order valence-electron chi connectivity index (χ3n) is 4.30. The van der Waals surface area contributed by atoms with Crippen molar-refractivity contribution in [3.63, 3.8) is 0 Å². The van der Waals surface area contributed by atoms with Crippen LogP contribution in [-0.4, -0.2) is 53.3 Å². The molecular formula is C19H21BrN4O2. The molecule has 1 aromatic carbocycles. The number of hydrogen-bond acceptors (Lipinski definition) is 4. The molecular weight excluding hydrogens is 396 g/mol. The fourth-order valence-corrected chi connectivity index (χ4v) is 3.21. The molecule has 1 aliphatic rings. The van der Waals surface area contributed by atoms with Crippen LogP contribution in [0, 0.1) is 0 Å². The van der Waals surface area contributed by atoms with E-state index in [0.717, 1.165) is 17.4 Å². The Balaban J connectivity index is 1.48. The van der Waals surface area contributed by atoms with Gasteiger partial charge in [-0.05, 0) is 52.7 Å². The minimum absolute atomic E-state index is 0.0385. The number of fused-ring (bicyclic) bond motifs is 1. The number of likely N-dealkylation sites (N-methyl/N-ethyl adjacent to an activating group) is 1. The van der Waals surface area contributed by atoms with E-state index in [0.29, 0.717) is 12.4 Å². The van der Waals surface area contributed by atoms with Crippen LogP contribution in [0.15, 0.2) is 47.1 Å². The second kappa shape index (κ2) is 8.42. The summed E-state index contributed by atoms with van der Waals surface area (Å²) in [6.45, 7) is 1.70. The number of carbonyl (C=O) groups is 2. The van der Waals surface area contributed by atoms with E-state index in [1.54, 1.807) is 24.2 Å². The summed E-state index contributed by atoms with van der Waals surface area (Å²) in [5.41, 5.74) is 2.51. The number of aromatic nitrogens is 1. The monoisotopic (exact) mass is 416 g/mol. The highest BCUT2D eigenvalue weighted by molar-refractivity contribution is 9.10. The van der Waals surface area contributed by atoms with E-state index in [9.17, 15) is 9.59 Å².